The van der Waals surface area contributed by atoms with Gasteiger partial charge in [-0.15, -0.1) is 0 Å². The van der Waals surface area contributed by atoms with Crippen molar-refractivity contribution in [2.75, 3.05) is 13.7 Å². The zero-order chi connectivity index (χ0) is 15.1. The summed E-state index contributed by atoms with van der Waals surface area (Å²) >= 11 is 0. The van der Waals surface area contributed by atoms with Crippen LogP contribution in [0, 0.1) is 12.7 Å². The summed E-state index contributed by atoms with van der Waals surface area (Å²) < 4.78 is 18.8. The minimum Gasteiger partial charge on any atom is -0.383 e. The van der Waals surface area contributed by atoms with E-state index >= 15 is 0 Å². The number of halogens is 1. The first kappa shape index (κ1) is 15.6. The van der Waals surface area contributed by atoms with Gasteiger partial charge in [0.1, 0.15) is 5.82 Å². The van der Waals surface area contributed by atoms with Crippen LogP contribution in [0.3, 0.4) is 0 Å². The van der Waals surface area contributed by atoms with Gasteiger partial charge in [0, 0.05) is 7.11 Å². The van der Waals surface area contributed by atoms with E-state index in [9.17, 15) is 4.39 Å². The van der Waals surface area contributed by atoms with E-state index < -0.39 is 0 Å². The summed E-state index contributed by atoms with van der Waals surface area (Å²) in [5.41, 5.74) is 5.43. The molecule has 1 atom stereocenters. The molecule has 0 saturated carbocycles. The van der Waals surface area contributed by atoms with Gasteiger partial charge in [-0.3, -0.25) is 4.84 Å². The molecule has 4 heteroatoms. The largest absolute Gasteiger partial charge is 0.383 e. The first-order valence-corrected chi connectivity index (χ1v) is 6.87. The van der Waals surface area contributed by atoms with Gasteiger partial charge in [0.25, 0.3) is 0 Å². The molecule has 0 saturated heterocycles. The van der Waals surface area contributed by atoms with E-state index in [4.69, 9.17) is 9.57 Å². The molecule has 0 aliphatic rings. The number of hydrogen-bond acceptors (Lipinski definition) is 3. The molecule has 21 heavy (non-hydrogen) atoms. The Kier molecular flexibility index (Phi) is 5.87. The van der Waals surface area contributed by atoms with Gasteiger partial charge in [-0.05, 0) is 29.7 Å². The fourth-order valence-corrected chi connectivity index (χ4v) is 1.99. The molecule has 0 fully saturated rings. The zero-order valence-electron chi connectivity index (χ0n) is 12.3. The minimum atomic E-state index is -0.224. The van der Waals surface area contributed by atoms with Gasteiger partial charge in [-0.2, -0.15) is 5.48 Å². The summed E-state index contributed by atoms with van der Waals surface area (Å²) in [7, 11) is 1.61. The normalized spacial score (nSPS) is 12.3. The molecule has 3 nitrogen and oxygen atoms in total. The highest BCUT2D eigenvalue weighted by molar-refractivity contribution is 5.25. The van der Waals surface area contributed by atoms with Crippen molar-refractivity contribution in [3.05, 3.63) is 71.0 Å². The number of ether oxygens (including phenoxy) is 1. The van der Waals surface area contributed by atoms with E-state index in [-0.39, 0.29) is 11.9 Å². The van der Waals surface area contributed by atoms with E-state index in [1.54, 1.807) is 20.1 Å². The standard InChI is InChI=1S/C17H20FNO2/c1-13-8-9-15(10-16(13)18)17(12-20-2)19-21-11-14-6-4-3-5-7-14/h3-10,17,19H,11-12H2,1-2H3/t17-/m0/s1. The average molecular weight is 289 g/mol. The van der Waals surface area contributed by atoms with E-state index in [0.717, 1.165) is 11.1 Å². The van der Waals surface area contributed by atoms with Crippen LogP contribution in [0.2, 0.25) is 0 Å². The molecule has 2 aromatic carbocycles. The smallest absolute Gasteiger partial charge is 0.126 e. The molecule has 2 aromatic rings. The molecule has 0 aromatic heterocycles. The lowest BCUT2D eigenvalue weighted by Crippen LogP contribution is -2.25. The predicted octanol–water partition coefficient (Wildman–Crippen LogP) is 3.54. The van der Waals surface area contributed by atoms with Crippen LogP contribution in [0.5, 0.6) is 0 Å². The summed E-state index contributed by atoms with van der Waals surface area (Å²) in [6.07, 6.45) is 0. The summed E-state index contributed by atoms with van der Waals surface area (Å²) in [4.78, 5) is 5.51. The highest BCUT2D eigenvalue weighted by Gasteiger charge is 2.13. The number of rotatable bonds is 7. The van der Waals surface area contributed by atoms with Crippen LogP contribution >= 0.6 is 0 Å². The molecule has 0 spiro atoms. The van der Waals surface area contributed by atoms with Crippen LogP contribution in [0.15, 0.2) is 48.5 Å². The van der Waals surface area contributed by atoms with Crippen LogP contribution < -0.4 is 5.48 Å². The molecule has 0 unspecified atom stereocenters. The van der Waals surface area contributed by atoms with Crippen molar-refractivity contribution in [2.24, 2.45) is 0 Å². The maximum atomic E-state index is 13.7. The number of nitrogens with one attached hydrogen (secondary N) is 1. The molecule has 112 valence electrons. The fourth-order valence-electron chi connectivity index (χ4n) is 1.99. The van der Waals surface area contributed by atoms with Crippen LogP contribution in [-0.2, 0) is 16.2 Å². The number of hydroxylamine groups is 1. The van der Waals surface area contributed by atoms with Gasteiger partial charge >= 0.3 is 0 Å². The average Bonchev–Trinajstić information content (AvgIpc) is 2.50. The summed E-state index contributed by atoms with van der Waals surface area (Å²) in [6, 6.07) is 14.8. The van der Waals surface area contributed by atoms with Crippen LogP contribution in [-0.4, -0.2) is 13.7 Å². The van der Waals surface area contributed by atoms with Crippen molar-refractivity contribution < 1.29 is 14.0 Å². The molecule has 0 radical (unpaired) electrons. The van der Waals surface area contributed by atoms with Crippen molar-refractivity contribution in [2.45, 2.75) is 19.6 Å². The van der Waals surface area contributed by atoms with Crippen molar-refractivity contribution in [1.29, 1.82) is 0 Å². The number of aryl methyl sites for hydroxylation is 1. The van der Waals surface area contributed by atoms with Crippen LogP contribution in [0.25, 0.3) is 0 Å². The summed E-state index contributed by atoms with van der Waals surface area (Å²) in [5, 5.41) is 0. The Labute approximate surface area is 124 Å². The lowest BCUT2D eigenvalue weighted by atomic mass is 10.1. The Hall–Kier alpha value is -1.75. The molecule has 0 aliphatic carbocycles. The maximum absolute atomic E-state index is 13.7. The predicted molar refractivity (Wildman–Crippen MR) is 80.1 cm³/mol. The van der Waals surface area contributed by atoms with Crippen molar-refractivity contribution in [1.82, 2.24) is 5.48 Å². The van der Waals surface area contributed by atoms with Crippen molar-refractivity contribution in [3.63, 3.8) is 0 Å². The summed E-state index contributed by atoms with van der Waals surface area (Å²) in [5.74, 6) is -0.224. The Morgan fingerprint density at radius 1 is 1.14 bits per heavy atom. The number of hydrogen-bond donors (Lipinski definition) is 1. The number of methoxy groups -OCH3 is 1. The van der Waals surface area contributed by atoms with E-state index in [2.05, 4.69) is 5.48 Å². The van der Waals surface area contributed by atoms with Gasteiger partial charge in [-0.1, -0.05) is 42.5 Å². The second kappa shape index (κ2) is 7.88. The Morgan fingerprint density at radius 2 is 1.90 bits per heavy atom. The van der Waals surface area contributed by atoms with Crippen LogP contribution in [0.1, 0.15) is 22.7 Å². The van der Waals surface area contributed by atoms with Crippen molar-refractivity contribution in [3.8, 4) is 0 Å². The SMILES string of the molecule is COC[C@H](NOCc1ccccc1)c1ccc(C)c(F)c1. The minimum absolute atomic E-state index is 0.214. The van der Waals surface area contributed by atoms with Gasteiger partial charge in [-0.25, -0.2) is 4.39 Å². The van der Waals surface area contributed by atoms with Crippen molar-refractivity contribution >= 4 is 0 Å². The Morgan fingerprint density at radius 3 is 2.57 bits per heavy atom. The lowest BCUT2D eigenvalue weighted by Gasteiger charge is -2.18. The van der Waals surface area contributed by atoms with E-state index in [0.29, 0.717) is 18.8 Å². The first-order chi connectivity index (χ1) is 10.2. The third-order valence-corrected chi connectivity index (χ3v) is 3.24. The molecule has 0 bridgehead atoms. The quantitative estimate of drug-likeness (QED) is 0.791. The Bertz CT molecular complexity index is 560. The molecular weight excluding hydrogens is 269 g/mol. The molecule has 1 N–H and O–H groups in total. The van der Waals surface area contributed by atoms with Gasteiger partial charge in [0.15, 0.2) is 0 Å². The third-order valence-electron chi connectivity index (χ3n) is 3.24. The van der Waals surface area contributed by atoms with E-state index in [1.165, 1.54) is 6.07 Å². The summed E-state index contributed by atoms with van der Waals surface area (Å²) in [6.45, 7) is 2.58. The Balaban J connectivity index is 1.97. The first-order valence-electron chi connectivity index (χ1n) is 6.87. The van der Waals surface area contributed by atoms with Gasteiger partial charge < -0.3 is 4.74 Å². The molecule has 0 heterocycles. The zero-order valence-corrected chi connectivity index (χ0v) is 12.3. The lowest BCUT2D eigenvalue weighted by molar-refractivity contribution is -0.0161. The maximum Gasteiger partial charge on any atom is 0.126 e. The molecule has 2 rings (SSSR count). The second-order valence-corrected chi connectivity index (χ2v) is 4.91. The molecular formula is C17H20FNO2. The third kappa shape index (κ3) is 4.63. The fraction of sp³-hybridized carbons (Fsp3) is 0.294. The second-order valence-electron chi connectivity index (χ2n) is 4.91. The number of benzene rings is 2. The molecule has 0 amide bonds. The van der Waals surface area contributed by atoms with Crippen LogP contribution in [0.4, 0.5) is 4.39 Å². The topological polar surface area (TPSA) is 30.5 Å². The van der Waals surface area contributed by atoms with Gasteiger partial charge in [0.2, 0.25) is 0 Å². The highest BCUT2D eigenvalue weighted by atomic mass is 19.1. The molecule has 0 aliphatic heterocycles. The highest BCUT2D eigenvalue weighted by Crippen LogP contribution is 2.17. The van der Waals surface area contributed by atoms with Gasteiger partial charge in [0.05, 0.1) is 19.3 Å². The van der Waals surface area contributed by atoms with E-state index in [1.807, 2.05) is 36.4 Å². The monoisotopic (exact) mass is 289 g/mol.